The molecular weight excluding hydrogens is 136 g/mol. The summed E-state index contributed by atoms with van der Waals surface area (Å²) in [5.74, 6) is 0. The second-order valence-corrected chi connectivity index (χ2v) is 2.51. The zero-order valence-corrected chi connectivity index (χ0v) is 6.57. The Labute approximate surface area is 67.0 Å². The van der Waals surface area contributed by atoms with Crippen molar-refractivity contribution in [3.8, 4) is 0 Å². The van der Waals surface area contributed by atoms with Gasteiger partial charge in [0, 0.05) is 0 Å². The molecule has 1 heteroatoms. The van der Waals surface area contributed by atoms with E-state index in [2.05, 4.69) is 0 Å². The highest BCUT2D eigenvalue weighted by atomic mass is 16.3. The van der Waals surface area contributed by atoms with Gasteiger partial charge in [-0.05, 0) is 12.5 Å². The third kappa shape index (κ3) is 3.01. The zero-order valence-electron chi connectivity index (χ0n) is 6.57. The summed E-state index contributed by atoms with van der Waals surface area (Å²) in [6.45, 7) is 1.74. The van der Waals surface area contributed by atoms with E-state index >= 15 is 0 Å². The van der Waals surface area contributed by atoms with Crippen molar-refractivity contribution in [1.82, 2.24) is 0 Å². The molecule has 0 saturated heterocycles. The molecule has 0 amide bonds. The monoisotopic (exact) mass is 148 g/mol. The van der Waals surface area contributed by atoms with Crippen LogP contribution in [-0.2, 0) is 0 Å². The lowest BCUT2D eigenvalue weighted by Crippen LogP contribution is -1.90. The Bertz CT molecular complexity index is 224. The summed E-state index contributed by atoms with van der Waals surface area (Å²) in [7, 11) is 0. The van der Waals surface area contributed by atoms with Gasteiger partial charge >= 0.3 is 0 Å². The number of hydrogen-bond donors (Lipinski definition) is 1. The molecule has 1 aromatic rings. The van der Waals surface area contributed by atoms with E-state index in [1.54, 1.807) is 13.0 Å². The molecule has 0 aliphatic carbocycles. The number of aliphatic hydroxyl groups excluding tert-OH is 1. The molecule has 0 heterocycles. The van der Waals surface area contributed by atoms with Gasteiger partial charge in [0.25, 0.3) is 0 Å². The summed E-state index contributed by atoms with van der Waals surface area (Å²) in [5, 5.41) is 8.93. The Balaban J connectivity index is 2.65. The van der Waals surface area contributed by atoms with Crippen LogP contribution in [0.3, 0.4) is 0 Å². The molecule has 1 N–H and O–H groups in total. The summed E-state index contributed by atoms with van der Waals surface area (Å²) >= 11 is 0. The normalized spacial score (nSPS) is 13.6. The molecule has 1 unspecified atom stereocenters. The number of benzene rings is 1. The van der Waals surface area contributed by atoms with Crippen molar-refractivity contribution in [2.75, 3.05) is 0 Å². The minimum atomic E-state index is -0.366. The van der Waals surface area contributed by atoms with E-state index < -0.39 is 0 Å². The molecule has 0 aromatic heterocycles. The highest BCUT2D eigenvalue weighted by Gasteiger charge is 1.85. The number of rotatable bonds is 2. The van der Waals surface area contributed by atoms with Crippen LogP contribution in [0.1, 0.15) is 12.5 Å². The largest absolute Gasteiger partial charge is 0.389 e. The molecule has 1 aromatic carbocycles. The maximum Gasteiger partial charge on any atom is 0.0696 e. The van der Waals surface area contributed by atoms with Crippen molar-refractivity contribution < 1.29 is 5.11 Å². The number of aliphatic hydroxyl groups is 1. The molecule has 0 bridgehead atoms. The predicted molar refractivity (Wildman–Crippen MR) is 47.2 cm³/mol. The summed E-state index contributed by atoms with van der Waals surface area (Å²) in [4.78, 5) is 0. The fourth-order valence-corrected chi connectivity index (χ4v) is 0.815. The van der Waals surface area contributed by atoms with E-state index in [-0.39, 0.29) is 6.10 Å². The Morgan fingerprint density at radius 2 is 1.91 bits per heavy atom. The molecule has 11 heavy (non-hydrogen) atoms. The minimum Gasteiger partial charge on any atom is -0.389 e. The SMILES string of the molecule is CC(O)/C=C\c1ccccc1. The van der Waals surface area contributed by atoms with Gasteiger partial charge < -0.3 is 5.11 Å². The summed E-state index contributed by atoms with van der Waals surface area (Å²) in [6.07, 6.45) is 3.30. The lowest BCUT2D eigenvalue weighted by atomic mass is 10.2. The van der Waals surface area contributed by atoms with E-state index in [0.717, 1.165) is 5.56 Å². The minimum absolute atomic E-state index is 0.366. The molecule has 1 rings (SSSR count). The van der Waals surface area contributed by atoms with Crippen LogP contribution >= 0.6 is 0 Å². The Morgan fingerprint density at radius 3 is 2.45 bits per heavy atom. The van der Waals surface area contributed by atoms with Gasteiger partial charge in [-0.15, -0.1) is 0 Å². The first kappa shape index (κ1) is 8.02. The first-order valence-corrected chi connectivity index (χ1v) is 3.70. The van der Waals surface area contributed by atoms with Crippen LogP contribution in [0.4, 0.5) is 0 Å². The molecular formula is C10H12O. The standard InChI is InChI=1S/C10H12O/c1-9(11)7-8-10-5-3-2-4-6-10/h2-9,11H,1H3/b8-7-. The van der Waals surface area contributed by atoms with Gasteiger partial charge in [0.15, 0.2) is 0 Å². The van der Waals surface area contributed by atoms with Crippen LogP contribution in [0.2, 0.25) is 0 Å². The second-order valence-electron chi connectivity index (χ2n) is 2.51. The maximum atomic E-state index is 8.93. The second kappa shape index (κ2) is 3.94. The fourth-order valence-electron chi connectivity index (χ4n) is 0.815. The van der Waals surface area contributed by atoms with Crippen molar-refractivity contribution in [2.45, 2.75) is 13.0 Å². The van der Waals surface area contributed by atoms with Crippen molar-refractivity contribution in [3.63, 3.8) is 0 Å². The lowest BCUT2D eigenvalue weighted by molar-refractivity contribution is 0.245. The van der Waals surface area contributed by atoms with Crippen LogP contribution in [-0.4, -0.2) is 11.2 Å². The van der Waals surface area contributed by atoms with Crippen LogP contribution in [0.5, 0.6) is 0 Å². The third-order valence-electron chi connectivity index (χ3n) is 1.37. The van der Waals surface area contributed by atoms with Gasteiger partial charge in [-0.3, -0.25) is 0 Å². The predicted octanol–water partition coefficient (Wildman–Crippen LogP) is 2.08. The molecule has 0 saturated carbocycles. The molecule has 0 fully saturated rings. The topological polar surface area (TPSA) is 20.2 Å². The average Bonchev–Trinajstić information content (AvgIpc) is 2.03. The Kier molecular flexibility index (Phi) is 2.87. The van der Waals surface area contributed by atoms with Crippen LogP contribution in [0.25, 0.3) is 6.08 Å². The number of hydrogen-bond acceptors (Lipinski definition) is 1. The van der Waals surface area contributed by atoms with E-state index in [0.29, 0.717) is 0 Å². The van der Waals surface area contributed by atoms with Crippen molar-refractivity contribution in [2.24, 2.45) is 0 Å². The first-order valence-electron chi connectivity index (χ1n) is 3.70. The Morgan fingerprint density at radius 1 is 1.27 bits per heavy atom. The molecule has 0 aliphatic heterocycles. The Hall–Kier alpha value is -1.08. The van der Waals surface area contributed by atoms with Gasteiger partial charge in [0.05, 0.1) is 6.10 Å². The summed E-state index contributed by atoms with van der Waals surface area (Å²) < 4.78 is 0. The van der Waals surface area contributed by atoms with Gasteiger partial charge in [0.2, 0.25) is 0 Å². The summed E-state index contributed by atoms with van der Waals surface area (Å²) in [5.41, 5.74) is 1.12. The van der Waals surface area contributed by atoms with Gasteiger partial charge in [-0.25, -0.2) is 0 Å². The average molecular weight is 148 g/mol. The molecule has 1 atom stereocenters. The first-order chi connectivity index (χ1) is 5.29. The smallest absolute Gasteiger partial charge is 0.0696 e. The van der Waals surface area contributed by atoms with E-state index in [9.17, 15) is 0 Å². The molecule has 0 aliphatic rings. The zero-order chi connectivity index (χ0) is 8.10. The van der Waals surface area contributed by atoms with E-state index in [1.165, 1.54) is 0 Å². The molecule has 0 spiro atoms. The quantitative estimate of drug-likeness (QED) is 0.680. The van der Waals surface area contributed by atoms with Gasteiger partial charge in [-0.2, -0.15) is 0 Å². The highest BCUT2D eigenvalue weighted by Crippen LogP contribution is 2.01. The van der Waals surface area contributed by atoms with Crippen LogP contribution < -0.4 is 0 Å². The van der Waals surface area contributed by atoms with Crippen LogP contribution in [0.15, 0.2) is 36.4 Å². The highest BCUT2D eigenvalue weighted by molar-refractivity contribution is 5.48. The van der Waals surface area contributed by atoms with Crippen LogP contribution in [0, 0.1) is 0 Å². The van der Waals surface area contributed by atoms with E-state index in [4.69, 9.17) is 5.11 Å². The summed E-state index contributed by atoms with van der Waals surface area (Å²) in [6, 6.07) is 9.92. The molecule has 0 radical (unpaired) electrons. The molecule has 1 nitrogen and oxygen atoms in total. The van der Waals surface area contributed by atoms with Gasteiger partial charge in [0.1, 0.15) is 0 Å². The van der Waals surface area contributed by atoms with Crippen molar-refractivity contribution in [3.05, 3.63) is 42.0 Å². The van der Waals surface area contributed by atoms with E-state index in [1.807, 2.05) is 36.4 Å². The molecule has 58 valence electrons. The maximum absolute atomic E-state index is 8.93. The lowest BCUT2D eigenvalue weighted by Gasteiger charge is -1.93. The van der Waals surface area contributed by atoms with Crippen molar-refractivity contribution >= 4 is 6.08 Å². The van der Waals surface area contributed by atoms with Crippen molar-refractivity contribution in [1.29, 1.82) is 0 Å². The fraction of sp³-hybridized carbons (Fsp3) is 0.200. The third-order valence-corrected chi connectivity index (χ3v) is 1.37. The van der Waals surface area contributed by atoms with Gasteiger partial charge in [-0.1, -0.05) is 42.5 Å².